The van der Waals surface area contributed by atoms with Crippen LogP contribution in [0.4, 0.5) is 4.79 Å². The Balaban J connectivity index is 2.48. The van der Waals surface area contributed by atoms with Gasteiger partial charge in [0.1, 0.15) is 0 Å². The van der Waals surface area contributed by atoms with Crippen molar-refractivity contribution in [2.75, 3.05) is 32.8 Å². The minimum absolute atomic E-state index is 0.0588. The first-order valence-electron chi connectivity index (χ1n) is 6.94. The van der Waals surface area contributed by atoms with Crippen molar-refractivity contribution in [3.05, 3.63) is 0 Å². The zero-order valence-electron chi connectivity index (χ0n) is 11.0. The number of likely N-dealkylation sites (tertiary alicyclic amines) is 1. The number of hydrogen-bond donors (Lipinski definition) is 1. The van der Waals surface area contributed by atoms with Crippen LogP contribution in [-0.4, -0.2) is 53.7 Å². The van der Waals surface area contributed by atoms with Gasteiger partial charge in [0.15, 0.2) is 0 Å². The third-order valence-electron chi connectivity index (χ3n) is 3.30. The van der Waals surface area contributed by atoms with E-state index in [1.165, 1.54) is 12.8 Å². The second-order valence-electron chi connectivity index (χ2n) is 4.75. The van der Waals surface area contributed by atoms with Gasteiger partial charge < -0.3 is 14.9 Å². The Labute approximate surface area is 105 Å². The van der Waals surface area contributed by atoms with Crippen molar-refractivity contribution >= 4 is 6.03 Å². The van der Waals surface area contributed by atoms with Gasteiger partial charge in [-0.25, -0.2) is 4.79 Å². The average Bonchev–Trinajstić information content (AvgIpc) is 2.62. The predicted molar refractivity (Wildman–Crippen MR) is 69.0 cm³/mol. The molecule has 1 saturated heterocycles. The van der Waals surface area contributed by atoms with Crippen molar-refractivity contribution in [3.63, 3.8) is 0 Å². The molecule has 4 heteroatoms. The normalized spacial score (nSPS) is 16.7. The summed E-state index contributed by atoms with van der Waals surface area (Å²) in [6.07, 6.45) is 6.80. The summed E-state index contributed by atoms with van der Waals surface area (Å²) < 4.78 is 0. The highest BCUT2D eigenvalue weighted by atomic mass is 16.3. The number of aliphatic hydroxyl groups is 1. The molecule has 17 heavy (non-hydrogen) atoms. The van der Waals surface area contributed by atoms with Crippen LogP contribution in [0.25, 0.3) is 0 Å². The Morgan fingerprint density at radius 3 is 2.35 bits per heavy atom. The molecule has 0 spiro atoms. The summed E-state index contributed by atoms with van der Waals surface area (Å²) in [7, 11) is 0. The first-order valence-corrected chi connectivity index (χ1v) is 6.94. The molecule has 0 aromatic heterocycles. The molecule has 0 bridgehead atoms. The molecule has 0 radical (unpaired) electrons. The van der Waals surface area contributed by atoms with Gasteiger partial charge in [0.25, 0.3) is 0 Å². The molecule has 0 atom stereocenters. The van der Waals surface area contributed by atoms with E-state index in [4.69, 9.17) is 5.11 Å². The minimum atomic E-state index is 0.0588. The third-order valence-corrected chi connectivity index (χ3v) is 3.30. The smallest absolute Gasteiger partial charge is 0.320 e. The van der Waals surface area contributed by atoms with E-state index in [2.05, 4.69) is 6.92 Å². The number of hydrogen-bond acceptors (Lipinski definition) is 2. The standard InChI is InChI=1S/C13H26N2O2/c1-2-3-8-15(11-12-16)13(17)14-9-6-4-5-7-10-14/h16H,2-12H2,1H3. The summed E-state index contributed by atoms with van der Waals surface area (Å²) in [5, 5.41) is 9.03. The van der Waals surface area contributed by atoms with Crippen molar-refractivity contribution in [1.82, 2.24) is 9.80 Å². The summed E-state index contributed by atoms with van der Waals surface area (Å²) in [5.74, 6) is 0. The number of amides is 2. The van der Waals surface area contributed by atoms with Gasteiger partial charge >= 0.3 is 6.03 Å². The third kappa shape index (κ3) is 4.94. The van der Waals surface area contributed by atoms with Gasteiger partial charge in [-0.05, 0) is 19.3 Å². The molecule has 0 aromatic carbocycles. The van der Waals surface area contributed by atoms with Crippen molar-refractivity contribution < 1.29 is 9.90 Å². The van der Waals surface area contributed by atoms with Crippen LogP contribution in [0.5, 0.6) is 0 Å². The maximum absolute atomic E-state index is 12.3. The SMILES string of the molecule is CCCCN(CCO)C(=O)N1CCCCCC1. The van der Waals surface area contributed by atoms with Crippen LogP contribution in [0.1, 0.15) is 45.4 Å². The Kier molecular flexibility index (Phi) is 7.01. The van der Waals surface area contributed by atoms with E-state index in [1.54, 1.807) is 4.90 Å². The summed E-state index contributed by atoms with van der Waals surface area (Å²) in [4.78, 5) is 16.0. The van der Waals surface area contributed by atoms with Crippen LogP contribution in [0.2, 0.25) is 0 Å². The second kappa shape index (κ2) is 8.34. The zero-order valence-corrected chi connectivity index (χ0v) is 11.0. The molecule has 4 nitrogen and oxygen atoms in total. The van der Waals surface area contributed by atoms with Crippen LogP contribution in [0, 0.1) is 0 Å². The first kappa shape index (κ1) is 14.3. The largest absolute Gasteiger partial charge is 0.395 e. The van der Waals surface area contributed by atoms with Gasteiger partial charge in [-0.2, -0.15) is 0 Å². The lowest BCUT2D eigenvalue weighted by Crippen LogP contribution is -2.45. The van der Waals surface area contributed by atoms with Gasteiger partial charge in [0.2, 0.25) is 0 Å². The van der Waals surface area contributed by atoms with Gasteiger partial charge in [0, 0.05) is 26.2 Å². The van der Waals surface area contributed by atoms with E-state index in [-0.39, 0.29) is 12.6 Å². The summed E-state index contributed by atoms with van der Waals surface area (Å²) >= 11 is 0. The van der Waals surface area contributed by atoms with Crippen LogP contribution in [0.15, 0.2) is 0 Å². The van der Waals surface area contributed by atoms with Gasteiger partial charge in [-0.1, -0.05) is 26.2 Å². The van der Waals surface area contributed by atoms with Gasteiger partial charge in [-0.15, -0.1) is 0 Å². The van der Waals surface area contributed by atoms with E-state index in [0.717, 1.165) is 45.3 Å². The molecule has 1 aliphatic heterocycles. The predicted octanol–water partition coefficient (Wildman–Crippen LogP) is 2.08. The molecule has 1 fully saturated rings. The van der Waals surface area contributed by atoms with Crippen molar-refractivity contribution in [3.8, 4) is 0 Å². The molecule has 1 rings (SSSR count). The monoisotopic (exact) mass is 242 g/mol. The molecular formula is C13H26N2O2. The zero-order chi connectivity index (χ0) is 12.5. The van der Waals surface area contributed by atoms with E-state index in [9.17, 15) is 4.79 Å². The molecular weight excluding hydrogens is 216 g/mol. The fourth-order valence-electron chi connectivity index (χ4n) is 2.23. The highest BCUT2D eigenvalue weighted by molar-refractivity contribution is 5.74. The number of carbonyl (C=O) groups excluding carboxylic acids is 1. The quantitative estimate of drug-likeness (QED) is 0.802. The van der Waals surface area contributed by atoms with E-state index < -0.39 is 0 Å². The van der Waals surface area contributed by atoms with Crippen LogP contribution >= 0.6 is 0 Å². The van der Waals surface area contributed by atoms with Crippen molar-refractivity contribution in [1.29, 1.82) is 0 Å². The second-order valence-corrected chi connectivity index (χ2v) is 4.75. The Hall–Kier alpha value is -0.770. The topological polar surface area (TPSA) is 43.8 Å². The number of unbranched alkanes of at least 4 members (excludes halogenated alkanes) is 1. The van der Waals surface area contributed by atoms with Gasteiger partial charge in [-0.3, -0.25) is 0 Å². The Bertz CT molecular complexity index is 213. The lowest BCUT2D eigenvalue weighted by Gasteiger charge is -2.29. The number of rotatable bonds is 5. The van der Waals surface area contributed by atoms with E-state index in [1.807, 2.05) is 4.90 Å². The molecule has 0 saturated carbocycles. The number of aliphatic hydroxyl groups excluding tert-OH is 1. The summed E-state index contributed by atoms with van der Waals surface area (Å²) in [6, 6.07) is 0.120. The Morgan fingerprint density at radius 1 is 1.18 bits per heavy atom. The maximum Gasteiger partial charge on any atom is 0.320 e. The van der Waals surface area contributed by atoms with E-state index in [0.29, 0.717) is 6.54 Å². The number of urea groups is 1. The molecule has 1 heterocycles. The van der Waals surface area contributed by atoms with Crippen LogP contribution in [0.3, 0.4) is 0 Å². The lowest BCUT2D eigenvalue weighted by molar-refractivity contribution is 0.140. The van der Waals surface area contributed by atoms with Crippen molar-refractivity contribution in [2.45, 2.75) is 45.4 Å². The molecule has 0 aliphatic carbocycles. The maximum atomic E-state index is 12.3. The van der Waals surface area contributed by atoms with Gasteiger partial charge in [0.05, 0.1) is 6.61 Å². The molecule has 100 valence electrons. The summed E-state index contributed by atoms with van der Waals surface area (Å²) in [5.41, 5.74) is 0. The lowest BCUT2D eigenvalue weighted by atomic mass is 10.2. The Morgan fingerprint density at radius 2 is 1.82 bits per heavy atom. The number of carbonyl (C=O) groups is 1. The average molecular weight is 242 g/mol. The number of nitrogens with zero attached hydrogens (tertiary/aromatic N) is 2. The molecule has 1 aliphatic rings. The molecule has 0 aromatic rings. The fourth-order valence-corrected chi connectivity index (χ4v) is 2.23. The molecule has 1 N–H and O–H groups in total. The minimum Gasteiger partial charge on any atom is -0.395 e. The summed E-state index contributed by atoms with van der Waals surface area (Å²) in [6.45, 7) is 5.18. The highest BCUT2D eigenvalue weighted by Gasteiger charge is 2.20. The highest BCUT2D eigenvalue weighted by Crippen LogP contribution is 2.12. The molecule has 2 amide bonds. The fraction of sp³-hybridized carbons (Fsp3) is 0.923. The van der Waals surface area contributed by atoms with Crippen molar-refractivity contribution in [2.24, 2.45) is 0 Å². The van der Waals surface area contributed by atoms with E-state index >= 15 is 0 Å². The first-order chi connectivity index (χ1) is 8.29. The van der Waals surface area contributed by atoms with Crippen LogP contribution in [-0.2, 0) is 0 Å². The van der Waals surface area contributed by atoms with Crippen LogP contribution < -0.4 is 0 Å². The molecule has 0 unspecified atom stereocenters.